The van der Waals surface area contributed by atoms with Gasteiger partial charge in [-0.1, -0.05) is 0 Å². The summed E-state index contributed by atoms with van der Waals surface area (Å²) in [5.74, 6) is -1.91. The summed E-state index contributed by atoms with van der Waals surface area (Å²) in [5, 5.41) is 13.2. The van der Waals surface area contributed by atoms with Crippen molar-refractivity contribution < 1.29 is 18.7 Å². The first kappa shape index (κ1) is 17.3. The van der Waals surface area contributed by atoms with Gasteiger partial charge in [0.25, 0.3) is 0 Å². The summed E-state index contributed by atoms with van der Waals surface area (Å²) >= 11 is 0. The first-order valence-corrected chi connectivity index (χ1v) is 7.89. The first-order chi connectivity index (χ1) is 13.5. The van der Waals surface area contributed by atoms with Gasteiger partial charge in [0.15, 0.2) is 11.5 Å². The third-order valence-corrected chi connectivity index (χ3v) is 3.86. The highest BCUT2D eigenvalue weighted by Crippen LogP contribution is 2.33. The van der Waals surface area contributed by atoms with E-state index in [9.17, 15) is 13.6 Å². The van der Waals surface area contributed by atoms with E-state index in [2.05, 4.69) is 30.2 Å². The second kappa shape index (κ2) is 6.87. The molecule has 0 fully saturated rings. The van der Waals surface area contributed by atoms with Crippen LogP contribution in [0.4, 0.5) is 30.8 Å². The van der Waals surface area contributed by atoms with Crippen LogP contribution in [0, 0.1) is 11.6 Å². The van der Waals surface area contributed by atoms with Crippen molar-refractivity contribution in [2.24, 2.45) is 0 Å². The number of imidazole rings is 1. The van der Waals surface area contributed by atoms with E-state index in [1.54, 1.807) is 12.1 Å². The number of aromatic amines is 1. The summed E-state index contributed by atoms with van der Waals surface area (Å²) in [6, 6.07) is 5.23. The smallest absolute Gasteiger partial charge is 0.409 e. The molecule has 3 heterocycles. The van der Waals surface area contributed by atoms with Gasteiger partial charge in [-0.15, -0.1) is 0 Å². The van der Waals surface area contributed by atoms with E-state index < -0.39 is 29.1 Å². The van der Waals surface area contributed by atoms with E-state index in [0.717, 1.165) is 12.1 Å². The number of benzene rings is 1. The van der Waals surface area contributed by atoms with Gasteiger partial charge in [-0.2, -0.15) is 0 Å². The molecule has 1 aromatic carbocycles. The lowest BCUT2D eigenvalue weighted by atomic mass is 10.1. The standard InChI is InChI=1S/C17H11F2N7O2/c18-9-3-4-10(25-17(27)28)11(19)13(9)26-15-8(2-1-5-20-15)12-14-16(23-6-21-12)24-7-22-14/h1-7,25H,(H,20,26)(H,27,28)(H,21,22,23,24). The fourth-order valence-electron chi connectivity index (χ4n) is 2.66. The Labute approximate surface area is 155 Å². The Bertz CT molecular complexity index is 1200. The molecule has 4 N–H and O–H groups in total. The predicted octanol–water partition coefficient (Wildman–Crippen LogP) is 3.53. The Balaban J connectivity index is 1.81. The van der Waals surface area contributed by atoms with Gasteiger partial charge in [-0.3, -0.25) is 5.32 Å². The first-order valence-electron chi connectivity index (χ1n) is 7.89. The maximum atomic E-state index is 14.6. The molecule has 4 aromatic rings. The maximum Gasteiger partial charge on any atom is 0.409 e. The van der Waals surface area contributed by atoms with Crippen molar-refractivity contribution in [3.05, 3.63) is 54.8 Å². The molecule has 0 atom stereocenters. The number of aromatic nitrogens is 5. The Morgan fingerprint density at radius 2 is 1.96 bits per heavy atom. The molecule has 1 amide bonds. The van der Waals surface area contributed by atoms with Crippen LogP contribution in [-0.4, -0.2) is 36.1 Å². The molecule has 28 heavy (non-hydrogen) atoms. The number of carbonyl (C=O) groups is 1. The number of anilines is 3. The summed E-state index contributed by atoms with van der Waals surface area (Å²) in [7, 11) is 0. The molecule has 11 heteroatoms. The Kier molecular flexibility index (Phi) is 4.24. The molecule has 9 nitrogen and oxygen atoms in total. The van der Waals surface area contributed by atoms with Crippen LogP contribution in [0.2, 0.25) is 0 Å². The average molecular weight is 383 g/mol. The quantitative estimate of drug-likeness (QED) is 0.424. The largest absolute Gasteiger partial charge is 0.465 e. The number of pyridine rings is 1. The number of fused-ring (bicyclic) bond motifs is 1. The molecule has 0 aliphatic heterocycles. The number of rotatable bonds is 4. The molecule has 0 aliphatic rings. The number of amides is 1. The van der Waals surface area contributed by atoms with Crippen LogP contribution in [-0.2, 0) is 0 Å². The Morgan fingerprint density at radius 3 is 2.79 bits per heavy atom. The van der Waals surface area contributed by atoms with Gasteiger partial charge < -0.3 is 15.4 Å². The van der Waals surface area contributed by atoms with Crippen LogP contribution in [0.15, 0.2) is 43.1 Å². The zero-order chi connectivity index (χ0) is 19.7. The summed E-state index contributed by atoms with van der Waals surface area (Å²) in [5.41, 5.74) is 0.867. The lowest BCUT2D eigenvalue weighted by Gasteiger charge is -2.14. The van der Waals surface area contributed by atoms with E-state index in [1.165, 1.54) is 18.9 Å². The molecule has 0 aliphatic carbocycles. The monoisotopic (exact) mass is 383 g/mol. The summed E-state index contributed by atoms with van der Waals surface area (Å²) in [6.07, 6.45) is 2.73. The van der Waals surface area contributed by atoms with Gasteiger partial charge in [0, 0.05) is 11.8 Å². The topological polar surface area (TPSA) is 129 Å². The molecule has 0 bridgehead atoms. The van der Waals surface area contributed by atoms with Gasteiger partial charge >= 0.3 is 6.09 Å². The van der Waals surface area contributed by atoms with Crippen molar-refractivity contribution in [2.45, 2.75) is 0 Å². The van der Waals surface area contributed by atoms with Crippen molar-refractivity contribution >= 4 is 34.4 Å². The Morgan fingerprint density at radius 1 is 1.11 bits per heavy atom. The second-order valence-corrected chi connectivity index (χ2v) is 5.56. The summed E-state index contributed by atoms with van der Waals surface area (Å²) in [6.45, 7) is 0. The van der Waals surface area contributed by atoms with Crippen molar-refractivity contribution in [1.29, 1.82) is 0 Å². The predicted molar refractivity (Wildman–Crippen MR) is 96.2 cm³/mol. The number of hydrogen-bond acceptors (Lipinski definition) is 6. The zero-order valence-electron chi connectivity index (χ0n) is 13.9. The van der Waals surface area contributed by atoms with Crippen LogP contribution in [0.5, 0.6) is 0 Å². The lowest BCUT2D eigenvalue weighted by Crippen LogP contribution is -2.11. The molecular weight excluding hydrogens is 372 g/mol. The van der Waals surface area contributed by atoms with E-state index in [4.69, 9.17) is 5.11 Å². The molecule has 0 radical (unpaired) electrons. The van der Waals surface area contributed by atoms with Gasteiger partial charge in [0.2, 0.25) is 0 Å². The van der Waals surface area contributed by atoms with Crippen LogP contribution >= 0.6 is 0 Å². The maximum absolute atomic E-state index is 14.6. The van der Waals surface area contributed by atoms with E-state index in [1.807, 2.05) is 5.32 Å². The van der Waals surface area contributed by atoms with Crippen molar-refractivity contribution in [3.8, 4) is 11.3 Å². The second-order valence-electron chi connectivity index (χ2n) is 5.56. The molecule has 140 valence electrons. The highest BCUT2D eigenvalue weighted by Gasteiger charge is 2.19. The van der Waals surface area contributed by atoms with E-state index >= 15 is 0 Å². The van der Waals surface area contributed by atoms with Crippen LogP contribution in [0.1, 0.15) is 0 Å². The van der Waals surface area contributed by atoms with Gasteiger partial charge in [0.05, 0.1) is 12.0 Å². The number of H-pyrrole nitrogens is 1. The van der Waals surface area contributed by atoms with E-state index in [-0.39, 0.29) is 5.82 Å². The molecule has 0 spiro atoms. The number of nitrogens with one attached hydrogen (secondary N) is 3. The molecule has 3 aromatic heterocycles. The van der Waals surface area contributed by atoms with Crippen LogP contribution in [0.25, 0.3) is 22.4 Å². The fourth-order valence-corrected chi connectivity index (χ4v) is 2.66. The lowest BCUT2D eigenvalue weighted by molar-refractivity contribution is 0.209. The molecule has 4 rings (SSSR count). The van der Waals surface area contributed by atoms with E-state index in [0.29, 0.717) is 22.4 Å². The van der Waals surface area contributed by atoms with Crippen molar-refractivity contribution in [2.75, 3.05) is 10.6 Å². The van der Waals surface area contributed by atoms with Crippen LogP contribution in [0.3, 0.4) is 0 Å². The molecule has 0 unspecified atom stereocenters. The number of nitrogens with zero attached hydrogens (tertiary/aromatic N) is 4. The van der Waals surface area contributed by atoms with Gasteiger partial charge in [-0.05, 0) is 24.3 Å². The van der Waals surface area contributed by atoms with Gasteiger partial charge in [-0.25, -0.2) is 33.5 Å². The number of halogens is 2. The highest BCUT2D eigenvalue weighted by molar-refractivity contribution is 5.91. The normalized spacial score (nSPS) is 10.8. The highest BCUT2D eigenvalue weighted by atomic mass is 19.1. The minimum Gasteiger partial charge on any atom is -0.465 e. The number of hydrogen-bond donors (Lipinski definition) is 4. The van der Waals surface area contributed by atoms with Crippen molar-refractivity contribution in [3.63, 3.8) is 0 Å². The van der Waals surface area contributed by atoms with Gasteiger partial charge in [0.1, 0.15) is 34.9 Å². The minimum atomic E-state index is -1.47. The third-order valence-electron chi connectivity index (χ3n) is 3.86. The number of carboxylic acid groups (broad SMARTS) is 1. The summed E-state index contributed by atoms with van der Waals surface area (Å²) in [4.78, 5) is 30.1. The molecule has 0 saturated carbocycles. The fraction of sp³-hybridized carbons (Fsp3) is 0. The molecular formula is C17H11F2N7O2. The minimum absolute atomic E-state index is 0.113. The third kappa shape index (κ3) is 3.05. The zero-order valence-corrected chi connectivity index (χ0v) is 13.9. The molecule has 0 saturated heterocycles. The summed E-state index contributed by atoms with van der Waals surface area (Å²) < 4.78 is 28.9. The Hall–Kier alpha value is -4.15. The van der Waals surface area contributed by atoms with Crippen molar-refractivity contribution in [1.82, 2.24) is 24.9 Å². The average Bonchev–Trinajstić information content (AvgIpc) is 3.16. The SMILES string of the molecule is O=C(O)Nc1ccc(F)c(Nc2ncccc2-c2ncnc3nc[nH]c23)c1F. The van der Waals surface area contributed by atoms with Crippen LogP contribution < -0.4 is 10.6 Å².